The maximum Gasteiger partial charge on any atom is 0.355 e. The summed E-state index contributed by atoms with van der Waals surface area (Å²) in [6.45, 7) is 8.66. The van der Waals surface area contributed by atoms with Crippen LogP contribution in [-0.2, 0) is 45.3 Å². The fourth-order valence-corrected chi connectivity index (χ4v) is 6.93. The summed E-state index contributed by atoms with van der Waals surface area (Å²) in [5.41, 5.74) is 5.46. The van der Waals surface area contributed by atoms with Crippen molar-refractivity contribution in [2.45, 2.75) is 66.2 Å². The summed E-state index contributed by atoms with van der Waals surface area (Å²) in [7, 11) is 4.23. The first kappa shape index (κ1) is 40.6. The van der Waals surface area contributed by atoms with Gasteiger partial charge < -0.3 is 42.3 Å². The second-order valence-electron chi connectivity index (χ2n) is 14.0. The van der Waals surface area contributed by atoms with Crippen molar-refractivity contribution in [1.29, 1.82) is 0 Å². The highest BCUT2D eigenvalue weighted by Crippen LogP contribution is 2.46. The van der Waals surface area contributed by atoms with Crippen LogP contribution in [0.4, 0.5) is 0 Å². The summed E-state index contributed by atoms with van der Waals surface area (Å²) in [4.78, 5) is 28.4. The molecule has 0 fully saturated rings. The van der Waals surface area contributed by atoms with Crippen molar-refractivity contribution in [1.82, 2.24) is 9.13 Å². The maximum absolute atomic E-state index is 14.2. The van der Waals surface area contributed by atoms with E-state index < -0.39 is 11.9 Å². The molecule has 0 saturated carbocycles. The van der Waals surface area contributed by atoms with Crippen molar-refractivity contribution in [3.63, 3.8) is 0 Å². The lowest BCUT2D eigenvalue weighted by Crippen LogP contribution is -2.18. The van der Waals surface area contributed by atoms with E-state index in [1.54, 1.807) is 11.7 Å². The molecule has 6 aromatic rings. The molecule has 0 aliphatic heterocycles. The number of carbonyl (C=O) groups excluding carboxylic acids is 2. The molecule has 2 heterocycles. The number of ether oxygens (including phenoxy) is 7. The topological polar surface area (TPSA) is 109 Å². The fraction of sp³-hybridized carbons (Fsp3) is 0.304. The number of nitrogens with zero attached hydrogens (tertiary/aromatic N) is 2. The van der Waals surface area contributed by atoms with Crippen LogP contribution in [0.2, 0.25) is 0 Å². The lowest BCUT2D eigenvalue weighted by atomic mass is 9.94. The smallest absolute Gasteiger partial charge is 0.355 e. The molecule has 0 N–H and O–H groups in total. The van der Waals surface area contributed by atoms with Gasteiger partial charge in [-0.25, -0.2) is 9.59 Å². The van der Waals surface area contributed by atoms with Crippen molar-refractivity contribution in [2.24, 2.45) is 0 Å². The van der Waals surface area contributed by atoms with Crippen LogP contribution in [0.15, 0.2) is 103 Å². The molecule has 11 heteroatoms. The van der Waals surface area contributed by atoms with Crippen LogP contribution >= 0.6 is 0 Å². The number of rotatable bonds is 18. The van der Waals surface area contributed by atoms with Gasteiger partial charge >= 0.3 is 11.9 Å². The quantitative estimate of drug-likeness (QED) is 0.0624. The summed E-state index contributed by atoms with van der Waals surface area (Å²) < 4.78 is 44.1. The number of aromatic nitrogens is 2. The summed E-state index contributed by atoms with van der Waals surface area (Å²) in [5, 5.41) is 0.757. The Morgan fingerprint density at radius 2 is 1.28 bits per heavy atom. The molecule has 298 valence electrons. The van der Waals surface area contributed by atoms with Crippen LogP contribution in [0.25, 0.3) is 33.2 Å². The first-order chi connectivity index (χ1) is 27.6. The highest BCUT2D eigenvalue weighted by molar-refractivity contribution is 6.13. The molecule has 0 radical (unpaired) electrons. The molecule has 0 spiro atoms. The lowest BCUT2D eigenvalue weighted by molar-refractivity contribution is 0.0499. The molecule has 0 aliphatic carbocycles. The molecule has 0 unspecified atom stereocenters. The Balaban J connectivity index is 1.59. The second kappa shape index (κ2) is 18.7. The zero-order valence-corrected chi connectivity index (χ0v) is 33.6. The Morgan fingerprint density at radius 1 is 0.667 bits per heavy atom. The Hall–Kier alpha value is -6.04. The van der Waals surface area contributed by atoms with E-state index >= 15 is 0 Å². The monoisotopic (exact) mass is 774 g/mol. The van der Waals surface area contributed by atoms with E-state index in [0.29, 0.717) is 46.8 Å². The molecule has 4 aromatic carbocycles. The molecule has 2 aromatic heterocycles. The van der Waals surface area contributed by atoms with Crippen molar-refractivity contribution in [2.75, 3.05) is 28.1 Å². The average Bonchev–Trinajstić information content (AvgIpc) is 3.75. The molecule has 0 aliphatic rings. The molecular formula is C46H50N2O9. The minimum atomic E-state index is -0.616. The van der Waals surface area contributed by atoms with Crippen LogP contribution < -0.4 is 14.2 Å². The van der Waals surface area contributed by atoms with E-state index in [4.69, 9.17) is 33.2 Å². The lowest BCUT2D eigenvalue weighted by Gasteiger charge is -2.14. The highest BCUT2D eigenvalue weighted by atomic mass is 16.7. The van der Waals surface area contributed by atoms with Crippen LogP contribution in [0.3, 0.4) is 0 Å². The molecule has 0 saturated heterocycles. The van der Waals surface area contributed by atoms with Gasteiger partial charge in [0.1, 0.15) is 35.4 Å². The molecule has 11 nitrogen and oxygen atoms in total. The second-order valence-corrected chi connectivity index (χ2v) is 14.0. The molecular weight excluding hydrogens is 725 g/mol. The Bertz CT molecular complexity index is 2270. The van der Waals surface area contributed by atoms with E-state index in [1.165, 1.54) is 14.2 Å². The number of esters is 2. The van der Waals surface area contributed by atoms with Gasteiger partial charge in [0.25, 0.3) is 0 Å². The maximum atomic E-state index is 14.2. The van der Waals surface area contributed by atoms with Crippen molar-refractivity contribution in [3.8, 4) is 39.5 Å². The molecule has 0 atom stereocenters. The largest absolute Gasteiger partial charge is 0.491 e. The third-order valence-electron chi connectivity index (χ3n) is 9.26. The van der Waals surface area contributed by atoms with Crippen LogP contribution in [0.1, 0.15) is 59.8 Å². The van der Waals surface area contributed by atoms with Crippen molar-refractivity contribution >= 4 is 22.8 Å². The minimum absolute atomic E-state index is 0.0153. The highest BCUT2D eigenvalue weighted by Gasteiger charge is 2.35. The van der Waals surface area contributed by atoms with E-state index in [9.17, 15) is 9.59 Å². The van der Waals surface area contributed by atoms with E-state index in [1.807, 2.05) is 136 Å². The van der Waals surface area contributed by atoms with Crippen LogP contribution in [-0.4, -0.2) is 61.4 Å². The zero-order valence-electron chi connectivity index (χ0n) is 33.6. The van der Waals surface area contributed by atoms with Gasteiger partial charge in [-0.15, -0.1) is 0 Å². The SMILES string of the molecule is COCOc1cccc2c(-c3c(-c4ccc(OC(C)C)cc4)c(C(=O)OC)n(CCc4ccc(OC(C)C)cc4)c3C(=O)OC)cn(COCc3ccccc3)c12. The van der Waals surface area contributed by atoms with Gasteiger partial charge in [0.05, 0.1) is 38.6 Å². The van der Waals surface area contributed by atoms with Crippen molar-refractivity contribution < 1.29 is 42.7 Å². The molecule has 6 rings (SSSR count). The summed E-state index contributed by atoms with van der Waals surface area (Å²) >= 11 is 0. The molecule has 0 amide bonds. The third kappa shape index (κ3) is 9.33. The van der Waals surface area contributed by atoms with Gasteiger partial charge in [0.2, 0.25) is 0 Å². The van der Waals surface area contributed by atoms with Gasteiger partial charge in [-0.2, -0.15) is 0 Å². The van der Waals surface area contributed by atoms with Gasteiger partial charge in [0.15, 0.2) is 6.79 Å². The average molecular weight is 775 g/mol. The molecule has 0 bridgehead atoms. The normalized spacial score (nSPS) is 11.3. The third-order valence-corrected chi connectivity index (χ3v) is 9.26. The number of para-hydroxylation sites is 1. The Morgan fingerprint density at radius 3 is 1.88 bits per heavy atom. The number of methoxy groups -OCH3 is 3. The first-order valence-corrected chi connectivity index (χ1v) is 18.9. The van der Waals surface area contributed by atoms with Gasteiger partial charge in [-0.1, -0.05) is 66.7 Å². The Kier molecular flexibility index (Phi) is 13.3. The van der Waals surface area contributed by atoms with Gasteiger partial charge in [-0.05, 0) is 81.1 Å². The van der Waals surface area contributed by atoms with Crippen LogP contribution in [0, 0.1) is 0 Å². The van der Waals surface area contributed by atoms with Crippen molar-refractivity contribution in [3.05, 3.63) is 126 Å². The number of benzene rings is 4. The van der Waals surface area contributed by atoms with Gasteiger partial charge in [-0.3, -0.25) is 0 Å². The number of hydrogen-bond acceptors (Lipinski definition) is 9. The standard InChI is InChI=1S/C46H50N2O9/c1-30(2)56-35-20-16-32(17-21-35)24-25-48-43(45(49)52-6)40(34-18-22-36(23-19-34)57-31(3)4)41(44(48)46(50)53-7)38-26-47(28-54-27-33-12-9-8-10-13-33)42-37(38)14-11-15-39(42)55-29-51-5/h8-23,26,30-31H,24-25,27-29H2,1-7H3. The Labute approximate surface area is 333 Å². The summed E-state index contributed by atoms with van der Waals surface area (Å²) in [5.74, 6) is 0.753. The summed E-state index contributed by atoms with van der Waals surface area (Å²) in [6.07, 6.45) is 2.40. The van der Waals surface area contributed by atoms with Gasteiger partial charge in [0, 0.05) is 41.9 Å². The van der Waals surface area contributed by atoms with E-state index in [2.05, 4.69) is 0 Å². The summed E-state index contributed by atoms with van der Waals surface area (Å²) in [6, 6.07) is 30.9. The minimum Gasteiger partial charge on any atom is -0.491 e. The number of aryl methyl sites for hydroxylation is 1. The van der Waals surface area contributed by atoms with E-state index in [0.717, 1.165) is 27.8 Å². The first-order valence-electron chi connectivity index (χ1n) is 18.9. The zero-order chi connectivity index (χ0) is 40.5. The fourth-order valence-electron chi connectivity index (χ4n) is 6.93. The number of carbonyl (C=O) groups is 2. The predicted octanol–water partition coefficient (Wildman–Crippen LogP) is 9.32. The predicted molar refractivity (Wildman–Crippen MR) is 219 cm³/mol. The molecule has 57 heavy (non-hydrogen) atoms. The number of fused-ring (bicyclic) bond motifs is 1. The van der Waals surface area contributed by atoms with E-state index in [-0.39, 0.29) is 43.7 Å². The van der Waals surface area contributed by atoms with Crippen LogP contribution in [0.5, 0.6) is 17.2 Å². The number of hydrogen-bond donors (Lipinski definition) is 0.